The number of benzene rings is 1. The quantitative estimate of drug-likeness (QED) is 0.841. The highest BCUT2D eigenvalue weighted by Crippen LogP contribution is 2.19. The predicted molar refractivity (Wildman–Crippen MR) is 65.6 cm³/mol. The van der Waals surface area contributed by atoms with Gasteiger partial charge in [-0.25, -0.2) is 0 Å². The van der Waals surface area contributed by atoms with Crippen molar-refractivity contribution in [3.63, 3.8) is 0 Å². The van der Waals surface area contributed by atoms with Gasteiger partial charge in [0.25, 0.3) is 5.91 Å². The van der Waals surface area contributed by atoms with E-state index in [1.807, 2.05) is 35.2 Å². The van der Waals surface area contributed by atoms with E-state index in [0.29, 0.717) is 0 Å². The van der Waals surface area contributed by atoms with E-state index in [-0.39, 0.29) is 5.91 Å². The van der Waals surface area contributed by atoms with Crippen LogP contribution in [0.5, 0.6) is 0 Å². The number of carbonyl (C=O) groups excluding carboxylic acids is 1. The summed E-state index contributed by atoms with van der Waals surface area (Å²) in [5, 5.41) is 3.23. The smallest absolute Gasteiger partial charge is 0.256 e. The van der Waals surface area contributed by atoms with E-state index in [1.165, 1.54) is 0 Å². The van der Waals surface area contributed by atoms with Crippen LogP contribution in [0.4, 0.5) is 0 Å². The molecule has 17 heavy (non-hydrogen) atoms. The summed E-state index contributed by atoms with van der Waals surface area (Å²) in [6.07, 6.45) is -0.478. The van der Waals surface area contributed by atoms with Gasteiger partial charge < -0.3 is 15.0 Å². The lowest BCUT2D eigenvalue weighted by atomic mass is 10.1. The molecule has 0 radical (unpaired) electrons. The Labute approximate surface area is 102 Å². The van der Waals surface area contributed by atoms with Crippen molar-refractivity contribution >= 4 is 5.91 Å². The molecule has 0 spiro atoms. The zero-order chi connectivity index (χ0) is 12.1. The fourth-order valence-corrected chi connectivity index (χ4v) is 2.06. The Kier molecular flexibility index (Phi) is 4.12. The van der Waals surface area contributed by atoms with E-state index in [0.717, 1.165) is 31.7 Å². The zero-order valence-corrected chi connectivity index (χ0v) is 10.1. The standard InChI is InChI=1S/C13H18N2O2/c1-17-12(11-5-3-2-4-6-11)13(16)15-9-7-14-8-10-15/h2-6,12,14H,7-10H2,1H3. The predicted octanol–water partition coefficient (Wildman–Crippen LogP) is 0.806. The van der Waals surface area contributed by atoms with Gasteiger partial charge in [0.1, 0.15) is 0 Å². The molecular formula is C13H18N2O2. The summed E-state index contributed by atoms with van der Waals surface area (Å²) < 4.78 is 5.34. The Morgan fingerprint density at radius 3 is 2.53 bits per heavy atom. The van der Waals surface area contributed by atoms with Crippen molar-refractivity contribution in [1.29, 1.82) is 0 Å². The van der Waals surface area contributed by atoms with Crippen LogP contribution in [0, 0.1) is 0 Å². The molecule has 1 atom stereocenters. The maximum atomic E-state index is 12.3. The van der Waals surface area contributed by atoms with E-state index in [1.54, 1.807) is 7.11 Å². The summed E-state index contributed by atoms with van der Waals surface area (Å²) in [4.78, 5) is 14.2. The number of carbonyl (C=O) groups is 1. The van der Waals surface area contributed by atoms with Gasteiger partial charge in [0.15, 0.2) is 6.10 Å². The Morgan fingerprint density at radius 1 is 1.29 bits per heavy atom. The summed E-state index contributed by atoms with van der Waals surface area (Å²) >= 11 is 0. The lowest BCUT2D eigenvalue weighted by molar-refractivity contribution is -0.143. The van der Waals surface area contributed by atoms with Gasteiger partial charge in [-0.1, -0.05) is 30.3 Å². The van der Waals surface area contributed by atoms with Gasteiger partial charge in [0.05, 0.1) is 0 Å². The Hall–Kier alpha value is -1.39. The molecule has 1 saturated heterocycles. The average Bonchev–Trinajstić information content (AvgIpc) is 2.42. The monoisotopic (exact) mass is 234 g/mol. The van der Waals surface area contributed by atoms with E-state index < -0.39 is 6.10 Å². The van der Waals surface area contributed by atoms with Crippen molar-refractivity contribution in [2.75, 3.05) is 33.3 Å². The SMILES string of the molecule is COC(C(=O)N1CCNCC1)c1ccccc1. The van der Waals surface area contributed by atoms with Crippen LogP contribution in [0.2, 0.25) is 0 Å². The van der Waals surface area contributed by atoms with Crippen molar-refractivity contribution in [3.8, 4) is 0 Å². The highest BCUT2D eigenvalue weighted by molar-refractivity contribution is 5.82. The third kappa shape index (κ3) is 2.84. The molecule has 1 heterocycles. The van der Waals surface area contributed by atoms with Gasteiger partial charge in [0, 0.05) is 33.3 Å². The molecule has 0 bridgehead atoms. The van der Waals surface area contributed by atoms with E-state index in [2.05, 4.69) is 5.32 Å². The van der Waals surface area contributed by atoms with Crippen molar-refractivity contribution < 1.29 is 9.53 Å². The third-order valence-electron chi connectivity index (χ3n) is 2.99. The molecule has 1 amide bonds. The number of rotatable bonds is 3. The maximum Gasteiger partial charge on any atom is 0.256 e. The van der Waals surface area contributed by atoms with Crippen LogP contribution in [0.25, 0.3) is 0 Å². The topological polar surface area (TPSA) is 41.6 Å². The van der Waals surface area contributed by atoms with Crippen LogP contribution >= 0.6 is 0 Å². The number of nitrogens with one attached hydrogen (secondary N) is 1. The van der Waals surface area contributed by atoms with Crippen molar-refractivity contribution in [2.24, 2.45) is 0 Å². The zero-order valence-electron chi connectivity index (χ0n) is 10.1. The molecule has 1 aromatic carbocycles. The molecule has 0 aromatic heterocycles. The fraction of sp³-hybridized carbons (Fsp3) is 0.462. The number of hydrogen-bond donors (Lipinski definition) is 1. The van der Waals surface area contributed by atoms with Crippen LogP contribution in [0.15, 0.2) is 30.3 Å². The summed E-state index contributed by atoms with van der Waals surface area (Å²) in [5.41, 5.74) is 0.915. The molecule has 4 nitrogen and oxygen atoms in total. The van der Waals surface area contributed by atoms with Gasteiger partial charge in [0.2, 0.25) is 0 Å². The molecule has 2 rings (SSSR count). The molecule has 92 valence electrons. The lowest BCUT2D eigenvalue weighted by Crippen LogP contribution is -2.48. The first-order valence-electron chi connectivity index (χ1n) is 5.90. The van der Waals surface area contributed by atoms with E-state index in [4.69, 9.17) is 4.74 Å². The molecule has 1 aromatic rings. The normalized spacial score (nSPS) is 17.8. The molecule has 0 aliphatic carbocycles. The number of nitrogens with zero attached hydrogens (tertiary/aromatic N) is 1. The Bertz CT molecular complexity index is 361. The molecule has 1 N–H and O–H groups in total. The number of ether oxygens (including phenoxy) is 1. The van der Waals surface area contributed by atoms with Crippen molar-refractivity contribution in [3.05, 3.63) is 35.9 Å². The fourth-order valence-electron chi connectivity index (χ4n) is 2.06. The largest absolute Gasteiger partial charge is 0.367 e. The lowest BCUT2D eigenvalue weighted by Gasteiger charge is -2.30. The minimum Gasteiger partial charge on any atom is -0.367 e. The average molecular weight is 234 g/mol. The summed E-state index contributed by atoms with van der Waals surface area (Å²) in [6, 6.07) is 9.63. The second-order valence-electron chi connectivity index (χ2n) is 4.10. The molecule has 4 heteroatoms. The molecular weight excluding hydrogens is 216 g/mol. The molecule has 1 unspecified atom stereocenters. The summed E-state index contributed by atoms with van der Waals surface area (Å²) in [5.74, 6) is 0.0557. The Balaban J connectivity index is 2.10. The number of piperazine rings is 1. The number of hydrogen-bond acceptors (Lipinski definition) is 3. The van der Waals surface area contributed by atoms with Gasteiger partial charge >= 0.3 is 0 Å². The third-order valence-corrected chi connectivity index (χ3v) is 2.99. The Morgan fingerprint density at radius 2 is 1.94 bits per heavy atom. The molecule has 1 fully saturated rings. The maximum absolute atomic E-state index is 12.3. The first kappa shape index (κ1) is 12.1. The minimum absolute atomic E-state index is 0.0557. The van der Waals surface area contributed by atoms with Crippen molar-refractivity contribution in [2.45, 2.75) is 6.10 Å². The second kappa shape index (κ2) is 5.80. The second-order valence-corrected chi connectivity index (χ2v) is 4.10. The summed E-state index contributed by atoms with van der Waals surface area (Å²) in [6.45, 7) is 3.23. The van der Waals surface area contributed by atoms with Crippen LogP contribution in [-0.4, -0.2) is 44.1 Å². The highest BCUT2D eigenvalue weighted by Gasteiger charge is 2.26. The summed E-state index contributed by atoms with van der Waals surface area (Å²) in [7, 11) is 1.58. The van der Waals surface area contributed by atoms with Gasteiger partial charge in [-0.2, -0.15) is 0 Å². The molecule has 1 aliphatic heterocycles. The highest BCUT2D eigenvalue weighted by atomic mass is 16.5. The first-order valence-corrected chi connectivity index (χ1v) is 5.90. The van der Waals surface area contributed by atoms with Gasteiger partial charge in [-0.05, 0) is 5.56 Å². The number of methoxy groups -OCH3 is 1. The van der Waals surface area contributed by atoms with Gasteiger partial charge in [-0.15, -0.1) is 0 Å². The van der Waals surface area contributed by atoms with Crippen molar-refractivity contribution in [1.82, 2.24) is 10.2 Å². The molecule has 0 saturated carbocycles. The van der Waals surface area contributed by atoms with Gasteiger partial charge in [-0.3, -0.25) is 4.79 Å². The van der Waals surface area contributed by atoms with Crippen LogP contribution in [-0.2, 0) is 9.53 Å². The number of amides is 1. The van der Waals surface area contributed by atoms with Crippen LogP contribution in [0.3, 0.4) is 0 Å². The minimum atomic E-state index is -0.478. The van der Waals surface area contributed by atoms with E-state index in [9.17, 15) is 4.79 Å². The van der Waals surface area contributed by atoms with Crippen LogP contribution in [0.1, 0.15) is 11.7 Å². The molecule has 1 aliphatic rings. The van der Waals surface area contributed by atoms with Crippen LogP contribution < -0.4 is 5.32 Å². The van der Waals surface area contributed by atoms with E-state index >= 15 is 0 Å². The first-order chi connectivity index (χ1) is 8.33.